The van der Waals surface area contributed by atoms with E-state index in [0.29, 0.717) is 18.2 Å². The van der Waals surface area contributed by atoms with Crippen LogP contribution in [0.15, 0.2) is 48.5 Å². The lowest BCUT2D eigenvalue weighted by Crippen LogP contribution is -2.29. The number of halogens is 1. The number of rotatable bonds is 6. The highest BCUT2D eigenvalue weighted by molar-refractivity contribution is 6.31. The number of amides is 1. The second-order valence-electron chi connectivity index (χ2n) is 6.74. The molecule has 0 radical (unpaired) electrons. The fourth-order valence-electron chi connectivity index (χ4n) is 2.29. The SMILES string of the molecule is CC(C)(C)c1ccc(OCCNC(=O)Cc2ccccc2Cl)cc1. The van der Waals surface area contributed by atoms with Crippen LogP contribution in [0.25, 0.3) is 0 Å². The third kappa shape index (κ3) is 5.57. The number of hydrogen-bond acceptors (Lipinski definition) is 2. The predicted molar refractivity (Wildman–Crippen MR) is 98.8 cm³/mol. The van der Waals surface area contributed by atoms with Crippen molar-refractivity contribution in [2.75, 3.05) is 13.2 Å². The summed E-state index contributed by atoms with van der Waals surface area (Å²) in [6.07, 6.45) is 0.278. The molecule has 0 aromatic heterocycles. The molecule has 1 amide bonds. The topological polar surface area (TPSA) is 38.3 Å². The van der Waals surface area contributed by atoms with Gasteiger partial charge in [0.15, 0.2) is 0 Å². The lowest BCUT2D eigenvalue weighted by molar-refractivity contribution is -0.120. The fraction of sp³-hybridized carbons (Fsp3) is 0.350. The minimum atomic E-state index is -0.0604. The maximum Gasteiger partial charge on any atom is 0.224 e. The minimum Gasteiger partial charge on any atom is -0.492 e. The van der Waals surface area contributed by atoms with Crippen molar-refractivity contribution in [2.45, 2.75) is 32.6 Å². The van der Waals surface area contributed by atoms with Crippen molar-refractivity contribution >= 4 is 17.5 Å². The summed E-state index contributed by atoms with van der Waals surface area (Å²) in [7, 11) is 0. The van der Waals surface area contributed by atoms with Crippen LogP contribution in [0.1, 0.15) is 31.9 Å². The Kier molecular flexibility index (Phi) is 6.27. The van der Waals surface area contributed by atoms with Gasteiger partial charge in [-0.15, -0.1) is 0 Å². The van der Waals surface area contributed by atoms with Crippen molar-refractivity contribution in [1.29, 1.82) is 0 Å². The average Bonchev–Trinajstić information content (AvgIpc) is 2.53. The first-order chi connectivity index (χ1) is 11.4. The highest BCUT2D eigenvalue weighted by Gasteiger charge is 2.13. The molecule has 2 rings (SSSR count). The van der Waals surface area contributed by atoms with Gasteiger partial charge in [0.05, 0.1) is 13.0 Å². The van der Waals surface area contributed by atoms with E-state index >= 15 is 0 Å². The van der Waals surface area contributed by atoms with E-state index in [2.05, 4.69) is 38.2 Å². The molecule has 4 heteroatoms. The molecule has 128 valence electrons. The average molecular weight is 346 g/mol. The van der Waals surface area contributed by atoms with Gasteiger partial charge in [0, 0.05) is 5.02 Å². The molecule has 0 aliphatic rings. The molecule has 0 saturated heterocycles. The van der Waals surface area contributed by atoms with Gasteiger partial charge in [0.2, 0.25) is 5.91 Å². The van der Waals surface area contributed by atoms with Crippen molar-refractivity contribution in [2.24, 2.45) is 0 Å². The summed E-state index contributed by atoms with van der Waals surface area (Å²) in [5, 5.41) is 3.46. The maximum absolute atomic E-state index is 11.9. The molecule has 3 nitrogen and oxygen atoms in total. The Labute approximate surface area is 149 Å². The molecule has 24 heavy (non-hydrogen) atoms. The van der Waals surface area contributed by atoms with Crippen LogP contribution in [-0.2, 0) is 16.6 Å². The van der Waals surface area contributed by atoms with E-state index in [9.17, 15) is 4.79 Å². The van der Waals surface area contributed by atoms with Crippen molar-refractivity contribution in [3.8, 4) is 5.75 Å². The zero-order chi connectivity index (χ0) is 17.6. The van der Waals surface area contributed by atoms with Crippen molar-refractivity contribution < 1.29 is 9.53 Å². The Morgan fingerprint density at radius 1 is 1.08 bits per heavy atom. The zero-order valence-electron chi connectivity index (χ0n) is 14.4. The molecule has 0 spiro atoms. The first kappa shape index (κ1) is 18.3. The molecule has 0 bridgehead atoms. The Morgan fingerprint density at radius 2 is 1.75 bits per heavy atom. The molecule has 2 aromatic carbocycles. The summed E-state index contributed by atoms with van der Waals surface area (Å²) in [6, 6.07) is 15.4. The summed E-state index contributed by atoms with van der Waals surface area (Å²) in [5.41, 5.74) is 2.23. The van der Waals surface area contributed by atoms with Gasteiger partial charge in [-0.2, -0.15) is 0 Å². The number of carbonyl (C=O) groups is 1. The van der Waals surface area contributed by atoms with E-state index in [1.54, 1.807) is 6.07 Å². The van der Waals surface area contributed by atoms with Gasteiger partial charge < -0.3 is 10.1 Å². The summed E-state index contributed by atoms with van der Waals surface area (Å²) in [6.45, 7) is 7.43. The number of nitrogens with one attached hydrogen (secondary N) is 1. The quantitative estimate of drug-likeness (QED) is 0.789. The van der Waals surface area contributed by atoms with Gasteiger partial charge in [-0.05, 0) is 34.7 Å². The van der Waals surface area contributed by atoms with Crippen LogP contribution < -0.4 is 10.1 Å². The van der Waals surface area contributed by atoms with Crippen LogP contribution in [-0.4, -0.2) is 19.1 Å². The minimum absolute atomic E-state index is 0.0604. The van der Waals surface area contributed by atoms with Crippen molar-refractivity contribution in [3.05, 3.63) is 64.7 Å². The Morgan fingerprint density at radius 3 is 2.38 bits per heavy atom. The van der Waals surface area contributed by atoms with Gasteiger partial charge >= 0.3 is 0 Å². The van der Waals surface area contributed by atoms with Crippen molar-refractivity contribution in [3.63, 3.8) is 0 Å². The third-order valence-electron chi connectivity index (χ3n) is 3.72. The smallest absolute Gasteiger partial charge is 0.224 e. The van der Waals surface area contributed by atoms with Gasteiger partial charge in [-0.1, -0.05) is 62.7 Å². The molecular weight excluding hydrogens is 322 g/mol. The largest absolute Gasteiger partial charge is 0.492 e. The van der Waals surface area contributed by atoms with E-state index in [1.807, 2.05) is 30.3 Å². The zero-order valence-corrected chi connectivity index (χ0v) is 15.2. The summed E-state index contributed by atoms with van der Waals surface area (Å²) >= 11 is 6.05. The van der Waals surface area contributed by atoms with Gasteiger partial charge in [0.1, 0.15) is 12.4 Å². The lowest BCUT2D eigenvalue weighted by Gasteiger charge is -2.19. The molecule has 0 unspecified atom stereocenters. The first-order valence-corrected chi connectivity index (χ1v) is 8.47. The number of carbonyl (C=O) groups excluding carboxylic acids is 1. The summed E-state index contributed by atoms with van der Waals surface area (Å²) in [5.74, 6) is 0.748. The first-order valence-electron chi connectivity index (χ1n) is 8.10. The van der Waals surface area contributed by atoms with E-state index in [-0.39, 0.29) is 17.7 Å². The molecule has 0 heterocycles. The predicted octanol–water partition coefficient (Wildman–Crippen LogP) is 4.38. The highest BCUT2D eigenvalue weighted by atomic mass is 35.5. The second kappa shape index (κ2) is 8.20. The molecule has 0 aliphatic carbocycles. The monoisotopic (exact) mass is 345 g/mol. The van der Waals surface area contributed by atoms with Crippen LogP contribution in [0.3, 0.4) is 0 Å². The molecule has 0 atom stereocenters. The summed E-state index contributed by atoms with van der Waals surface area (Å²) in [4.78, 5) is 11.9. The van der Waals surface area contributed by atoms with Crippen LogP contribution >= 0.6 is 11.6 Å². The molecular formula is C20H24ClNO2. The van der Waals surface area contributed by atoms with E-state index < -0.39 is 0 Å². The molecule has 0 aliphatic heterocycles. The van der Waals surface area contributed by atoms with Gasteiger partial charge in [0.25, 0.3) is 0 Å². The van der Waals surface area contributed by atoms with Crippen molar-refractivity contribution in [1.82, 2.24) is 5.32 Å². The van der Waals surface area contributed by atoms with Gasteiger partial charge in [-0.25, -0.2) is 0 Å². The van der Waals surface area contributed by atoms with E-state index in [4.69, 9.17) is 16.3 Å². The lowest BCUT2D eigenvalue weighted by atomic mass is 9.87. The molecule has 0 saturated carbocycles. The standard InChI is InChI=1S/C20H24ClNO2/c1-20(2,3)16-8-10-17(11-9-16)24-13-12-22-19(23)14-15-6-4-5-7-18(15)21/h4-11H,12-14H2,1-3H3,(H,22,23). The Bertz CT molecular complexity index is 675. The van der Waals surface area contributed by atoms with Crippen LogP contribution in [0.2, 0.25) is 5.02 Å². The third-order valence-corrected chi connectivity index (χ3v) is 4.09. The Balaban J connectivity index is 1.73. The molecule has 1 N–H and O–H groups in total. The number of hydrogen-bond donors (Lipinski definition) is 1. The molecule has 0 fully saturated rings. The maximum atomic E-state index is 11.9. The van der Waals surface area contributed by atoms with Gasteiger partial charge in [-0.3, -0.25) is 4.79 Å². The van der Waals surface area contributed by atoms with E-state index in [1.165, 1.54) is 5.56 Å². The second-order valence-corrected chi connectivity index (χ2v) is 7.15. The Hall–Kier alpha value is -2.00. The fourth-order valence-corrected chi connectivity index (χ4v) is 2.49. The summed E-state index contributed by atoms with van der Waals surface area (Å²) < 4.78 is 5.66. The molecule has 2 aromatic rings. The highest BCUT2D eigenvalue weighted by Crippen LogP contribution is 2.24. The number of benzene rings is 2. The normalized spacial score (nSPS) is 11.2. The van der Waals surface area contributed by atoms with E-state index in [0.717, 1.165) is 11.3 Å². The van der Waals surface area contributed by atoms with Crippen LogP contribution in [0, 0.1) is 0 Å². The van der Waals surface area contributed by atoms with Crippen LogP contribution in [0.5, 0.6) is 5.75 Å². The number of ether oxygens (including phenoxy) is 1. The van der Waals surface area contributed by atoms with Crippen LogP contribution in [0.4, 0.5) is 0 Å².